The number of imidazole rings is 1. The number of thiazole rings is 1. The van der Waals surface area contributed by atoms with E-state index in [4.69, 9.17) is 9.26 Å². The first-order valence-electron chi connectivity index (χ1n) is 7.01. The van der Waals surface area contributed by atoms with Gasteiger partial charge in [-0.3, -0.25) is 4.40 Å². The minimum atomic E-state index is -0.118. The van der Waals surface area contributed by atoms with Gasteiger partial charge in [-0.1, -0.05) is 16.5 Å². The molecule has 1 saturated heterocycles. The summed E-state index contributed by atoms with van der Waals surface area (Å²) in [7, 11) is 0. The molecule has 4 rings (SSSR count). The molecule has 1 aliphatic rings. The number of aromatic nitrogens is 4. The fraction of sp³-hybridized carbons (Fsp3) is 0.500. The van der Waals surface area contributed by atoms with Crippen LogP contribution in [0.1, 0.15) is 38.4 Å². The number of nitrogens with zero attached hydrogens (tertiary/aromatic N) is 4. The summed E-state index contributed by atoms with van der Waals surface area (Å²) in [4.78, 5) is 10.7. The van der Waals surface area contributed by atoms with E-state index in [2.05, 4.69) is 29.0 Å². The summed E-state index contributed by atoms with van der Waals surface area (Å²) in [6.45, 7) is 4.96. The summed E-state index contributed by atoms with van der Waals surface area (Å²) in [5, 5.41) is 4.17. The lowest BCUT2D eigenvalue weighted by molar-refractivity contribution is -0.0604. The van der Waals surface area contributed by atoms with Crippen LogP contribution in [-0.4, -0.2) is 31.7 Å². The standard InChI is InChI=1S/C14H16N4O2S/c1-14(2)7-9(3-6-19-14)11-16-12(20-17-11)10-8-18-5-4-15-13(18)21-10/h4-5,8-9H,3,6-7H2,1-2H3. The van der Waals surface area contributed by atoms with Crippen molar-refractivity contribution < 1.29 is 9.26 Å². The van der Waals surface area contributed by atoms with E-state index in [9.17, 15) is 0 Å². The van der Waals surface area contributed by atoms with Crippen LogP contribution in [0.2, 0.25) is 0 Å². The van der Waals surface area contributed by atoms with Crippen LogP contribution in [0.25, 0.3) is 15.7 Å². The lowest BCUT2D eigenvalue weighted by Crippen LogP contribution is -2.33. The van der Waals surface area contributed by atoms with Gasteiger partial charge in [0.2, 0.25) is 0 Å². The second-order valence-electron chi connectivity index (χ2n) is 5.97. The third-order valence-corrected chi connectivity index (χ3v) is 4.80. The molecule has 3 aromatic rings. The Labute approximate surface area is 125 Å². The van der Waals surface area contributed by atoms with E-state index in [1.54, 1.807) is 17.5 Å². The Balaban J connectivity index is 1.62. The molecule has 6 nitrogen and oxygen atoms in total. The van der Waals surface area contributed by atoms with Crippen molar-refractivity contribution in [2.75, 3.05) is 6.61 Å². The zero-order chi connectivity index (χ0) is 14.4. The fourth-order valence-electron chi connectivity index (χ4n) is 2.78. The number of hydrogen-bond acceptors (Lipinski definition) is 6. The summed E-state index contributed by atoms with van der Waals surface area (Å²) in [5.41, 5.74) is -0.118. The van der Waals surface area contributed by atoms with Crippen molar-refractivity contribution in [2.24, 2.45) is 0 Å². The predicted molar refractivity (Wildman–Crippen MR) is 78.4 cm³/mol. The lowest BCUT2D eigenvalue weighted by Gasteiger charge is -2.34. The molecule has 3 aromatic heterocycles. The summed E-state index contributed by atoms with van der Waals surface area (Å²) >= 11 is 1.55. The van der Waals surface area contributed by atoms with E-state index in [-0.39, 0.29) is 5.60 Å². The first kappa shape index (κ1) is 13.0. The monoisotopic (exact) mass is 304 g/mol. The van der Waals surface area contributed by atoms with Gasteiger partial charge < -0.3 is 9.26 Å². The first-order chi connectivity index (χ1) is 10.1. The quantitative estimate of drug-likeness (QED) is 0.728. The van der Waals surface area contributed by atoms with Crippen LogP contribution in [0.3, 0.4) is 0 Å². The molecule has 0 aromatic carbocycles. The molecule has 0 saturated carbocycles. The highest BCUT2D eigenvalue weighted by molar-refractivity contribution is 7.20. The van der Waals surface area contributed by atoms with Crippen LogP contribution in [-0.2, 0) is 4.74 Å². The van der Waals surface area contributed by atoms with Gasteiger partial charge in [0.15, 0.2) is 10.8 Å². The molecule has 0 N–H and O–H groups in total. The molecule has 0 aliphatic carbocycles. The molecule has 0 amide bonds. The van der Waals surface area contributed by atoms with Crippen molar-refractivity contribution in [3.63, 3.8) is 0 Å². The molecule has 1 unspecified atom stereocenters. The van der Waals surface area contributed by atoms with Crippen molar-refractivity contribution in [3.8, 4) is 10.8 Å². The van der Waals surface area contributed by atoms with Gasteiger partial charge in [0.25, 0.3) is 5.89 Å². The summed E-state index contributed by atoms with van der Waals surface area (Å²) in [6.07, 6.45) is 7.51. The molecule has 1 atom stereocenters. The zero-order valence-corrected chi connectivity index (χ0v) is 12.8. The molecule has 1 aliphatic heterocycles. The minimum absolute atomic E-state index is 0.118. The highest BCUT2D eigenvalue weighted by atomic mass is 32.1. The molecule has 7 heteroatoms. The van der Waals surface area contributed by atoms with E-state index < -0.39 is 0 Å². The lowest BCUT2D eigenvalue weighted by atomic mass is 9.88. The second kappa shape index (κ2) is 4.64. The smallest absolute Gasteiger partial charge is 0.269 e. The Hall–Kier alpha value is -1.73. The Morgan fingerprint density at radius 1 is 1.43 bits per heavy atom. The van der Waals surface area contributed by atoms with Crippen molar-refractivity contribution in [3.05, 3.63) is 24.4 Å². The highest BCUT2D eigenvalue weighted by Gasteiger charge is 2.32. The van der Waals surface area contributed by atoms with Crippen molar-refractivity contribution in [1.82, 2.24) is 19.5 Å². The topological polar surface area (TPSA) is 65.5 Å². The average molecular weight is 304 g/mol. The molecular formula is C14H16N4O2S. The first-order valence-corrected chi connectivity index (χ1v) is 7.83. The molecule has 0 spiro atoms. The molecule has 1 fully saturated rings. The van der Waals surface area contributed by atoms with Crippen LogP contribution in [0.4, 0.5) is 0 Å². The predicted octanol–water partition coefficient (Wildman–Crippen LogP) is 3.12. The van der Waals surface area contributed by atoms with Crippen molar-refractivity contribution in [1.29, 1.82) is 0 Å². The Morgan fingerprint density at radius 2 is 2.33 bits per heavy atom. The third-order valence-electron chi connectivity index (χ3n) is 3.81. The van der Waals surface area contributed by atoms with E-state index in [0.29, 0.717) is 11.8 Å². The van der Waals surface area contributed by atoms with Gasteiger partial charge in [0.1, 0.15) is 4.88 Å². The van der Waals surface area contributed by atoms with Gasteiger partial charge in [-0.05, 0) is 26.7 Å². The molecule has 0 bridgehead atoms. The van der Waals surface area contributed by atoms with Crippen LogP contribution in [0.15, 0.2) is 23.1 Å². The van der Waals surface area contributed by atoms with E-state index in [0.717, 1.165) is 35.1 Å². The third kappa shape index (κ3) is 2.36. The maximum Gasteiger partial charge on any atom is 0.269 e. The van der Waals surface area contributed by atoms with Crippen LogP contribution < -0.4 is 0 Å². The van der Waals surface area contributed by atoms with Gasteiger partial charge >= 0.3 is 0 Å². The Morgan fingerprint density at radius 3 is 3.14 bits per heavy atom. The normalized spacial score (nSPS) is 21.9. The van der Waals surface area contributed by atoms with E-state index in [1.165, 1.54) is 0 Å². The Kier molecular flexibility index (Phi) is 2.87. The van der Waals surface area contributed by atoms with Crippen molar-refractivity contribution >= 4 is 16.3 Å². The maximum atomic E-state index is 5.74. The summed E-state index contributed by atoms with van der Waals surface area (Å²) < 4.78 is 13.1. The van der Waals surface area contributed by atoms with Gasteiger partial charge in [0, 0.05) is 31.1 Å². The van der Waals surface area contributed by atoms with Gasteiger partial charge in [0.05, 0.1) is 5.60 Å². The zero-order valence-electron chi connectivity index (χ0n) is 11.9. The fourth-order valence-corrected chi connectivity index (χ4v) is 3.65. The van der Waals surface area contributed by atoms with Crippen LogP contribution in [0, 0.1) is 0 Å². The minimum Gasteiger partial charge on any atom is -0.376 e. The van der Waals surface area contributed by atoms with Crippen LogP contribution in [0.5, 0.6) is 0 Å². The number of fused-ring (bicyclic) bond motifs is 1. The summed E-state index contributed by atoms with van der Waals surface area (Å²) in [6, 6.07) is 0. The number of ether oxygens (including phenoxy) is 1. The molecular weight excluding hydrogens is 288 g/mol. The van der Waals surface area contributed by atoms with E-state index in [1.807, 2.05) is 16.8 Å². The molecule has 110 valence electrons. The van der Waals surface area contributed by atoms with Gasteiger partial charge in [-0.15, -0.1) is 0 Å². The van der Waals surface area contributed by atoms with Crippen molar-refractivity contribution in [2.45, 2.75) is 38.2 Å². The molecule has 21 heavy (non-hydrogen) atoms. The highest BCUT2D eigenvalue weighted by Crippen LogP contribution is 2.35. The van der Waals surface area contributed by atoms with Gasteiger partial charge in [-0.2, -0.15) is 4.98 Å². The molecule has 0 radical (unpaired) electrons. The number of hydrogen-bond donors (Lipinski definition) is 0. The van der Waals surface area contributed by atoms with Gasteiger partial charge in [-0.25, -0.2) is 4.98 Å². The number of rotatable bonds is 2. The maximum absolute atomic E-state index is 5.74. The van der Waals surface area contributed by atoms with E-state index >= 15 is 0 Å². The average Bonchev–Trinajstić information content (AvgIpc) is 3.12. The summed E-state index contributed by atoms with van der Waals surface area (Å²) in [5.74, 6) is 1.66. The molecule has 4 heterocycles. The Bertz CT molecular complexity index is 744. The second-order valence-corrected chi connectivity index (χ2v) is 6.98. The van der Waals surface area contributed by atoms with Crippen LogP contribution >= 0.6 is 11.3 Å². The SMILES string of the molecule is CC1(C)CC(c2noc(-c3cn4ccnc4s3)n2)CCO1. The largest absolute Gasteiger partial charge is 0.376 e.